The number of nitrogens with one attached hydrogen (secondary N) is 1. The van der Waals surface area contributed by atoms with Gasteiger partial charge < -0.3 is 14.8 Å². The first-order valence-corrected chi connectivity index (χ1v) is 11.6. The van der Waals surface area contributed by atoms with Crippen molar-refractivity contribution in [3.05, 3.63) is 57.6 Å². The Morgan fingerprint density at radius 3 is 2.76 bits per heavy atom. The number of thiazole rings is 1. The van der Waals surface area contributed by atoms with Gasteiger partial charge in [0, 0.05) is 22.4 Å². The maximum Gasteiger partial charge on any atom is 0.407 e. The van der Waals surface area contributed by atoms with Gasteiger partial charge >= 0.3 is 12.1 Å². The first-order valence-electron chi connectivity index (χ1n) is 10.7. The predicted octanol–water partition coefficient (Wildman–Crippen LogP) is 5.09. The number of nitrogens with zero attached hydrogens (tertiary/aromatic N) is 1. The number of carbonyl (C=O) groups excluding carboxylic acids is 2. The molecule has 0 saturated heterocycles. The summed E-state index contributed by atoms with van der Waals surface area (Å²) in [4.78, 5) is 29.9. The number of aromatic nitrogens is 1. The van der Waals surface area contributed by atoms with Crippen LogP contribution in [0.25, 0.3) is 5.57 Å². The maximum atomic E-state index is 15.0. The molecule has 2 aliphatic carbocycles. The summed E-state index contributed by atoms with van der Waals surface area (Å²) in [6, 6.07) is 3.82. The molecule has 2 aliphatic rings. The SMILES string of the molecule is COC(=O)/C=C1\CC[C@@H](c2cccc(F)c2F)C2(CC2NC(=O)OC(C)(C)C)c2scnc21. The van der Waals surface area contributed by atoms with Crippen molar-refractivity contribution in [2.24, 2.45) is 0 Å². The fourth-order valence-corrected chi connectivity index (χ4v) is 5.89. The smallest absolute Gasteiger partial charge is 0.407 e. The fourth-order valence-electron chi connectivity index (χ4n) is 4.75. The molecule has 33 heavy (non-hydrogen) atoms. The lowest BCUT2D eigenvalue weighted by atomic mass is 9.79. The standard InChI is InChI=1S/C24H26F2N2O4S/c1-23(2,3)32-22(30)28-17-11-24(17)15(14-6-5-7-16(25)19(14)26)9-8-13(10-18(29)31-4)20-21(24)33-12-27-20/h5-7,10,12,15,17H,8-9,11H2,1-4H3,(H,28,30)/b13-10+/t15-,17?,24?/m0/s1. The van der Waals surface area contributed by atoms with E-state index in [-0.39, 0.29) is 11.6 Å². The van der Waals surface area contributed by atoms with Gasteiger partial charge in [0.15, 0.2) is 11.6 Å². The molecular formula is C24H26F2N2O4S. The number of alkyl carbamates (subject to hydrolysis) is 1. The van der Waals surface area contributed by atoms with Gasteiger partial charge in [-0.15, -0.1) is 11.3 Å². The van der Waals surface area contributed by atoms with E-state index in [1.807, 2.05) is 0 Å². The van der Waals surface area contributed by atoms with E-state index < -0.39 is 40.6 Å². The van der Waals surface area contributed by atoms with E-state index in [2.05, 4.69) is 10.3 Å². The van der Waals surface area contributed by atoms with Crippen molar-refractivity contribution < 1.29 is 27.8 Å². The van der Waals surface area contributed by atoms with E-state index in [4.69, 9.17) is 9.47 Å². The van der Waals surface area contributed by atoms with Crippen LogP contribution in [0.5, 0.6) is 0 Å². The average molecular weight is 477 g/mol. The molecule has 2 aromatic rings. The number of hydrogen-bond donors (Lipinski definition) is 1. The molecule has 1 spiro atoms. The Kier molecular flexibility index (Phi) is 6.03. The van der Waals surface area contributed by atoms with E-state index >= 15 is 0 Å². The molecule has 0 aliphatic heterocycles. The quantitative estimate of drug-likeness (QED) is 0.493. The largest absolute Gasteiger partial charge is 0.466 e. The number of methoxy groups -OCH3 is 1. The van der Waals surface area contributed by atoms with Crippen molar-refractivity contribution in [2.45, 2.75) is 63.0 Å². The summed E-state index contributed by atoms with van der Waals surface area (Å²) in [6.45, 7) is 5.32. The molecule has 1 aromatic carbocycles. The number of halogens is 2. The van der Waals surface area contributed by atoms with Gasteiger partial charge in [-0.25, -0.2) is 23.4 Å². The van der Waals surface area contributed by atoms with E-state index in [9.17, 15) is 18.4 Å². The summed E-state index contributed by atoms with van der Waals surface area (Å²) in [5.41, 5.74) is 1.88. The van der Waals surface area contributed by atoms with E-state index in [1.165, 1.54) is 30.6 Å². The molecule has 1 saturated carbocycles. The molecule has 1 aromatic heterocycles. The highest BCUT2D eigenvalue weighted by Crippen LogP contribution is 2.63. The maximum absolute atomic E-state index is 15.0. The minimum Gasteiger partial charge on any atom is -0.466 e. The predicted molar refractivity (Wildman–Crippen MR) is 120 cm³/mol. The third-order valence-corrected chi connectivity index (χ3v) is 7.18. The third kappa shape index (κ3) is 4.38. The minimum absolute atomic E-state index is 0.252. The monoisotopic (exact) mass is 476 g/mol. The lowest BCUT2D eigenvalue weighted by molar-refractivity contribution is -0.134. The second-order valence-corrected chi connectivity index (χ2v) is 10.3. The Bertz CT molecular complexity index is 1120. The lowest BCUT2D eigenvalue weighted by Crippen LogP contribution is -2.38. The lowest BCUT2D eigenvalue weighted by Gasteiger charge is -2.28. The van der Waals surface area contributed by atoms with Crippen molar-refractivity contribution >= 4 is 29.0 Å². The summed E-state index contributed by atoms with van der Waals surface area (Å²) in [5.74, 6) is -2.75. The first-order chi connectivity index (χ1) is 15.6. The number of amides is 1. The molecule has 0 radical (unpaired) electrons. The van der Waals surface area contributed by atoms with Crippen molar-refractivity contribution in [3.8, 4) is 0 Å². The Morgan fingerprint density at radius 2 is 2.06 bits per heavy atom. The van der Waals surface area contributed by atoms with E-state index in [0.29, 0.717) is 30.5 Å². The molecular weight excluding hydrogens is 450 g/mol. The van der Waals surface area contributed by atoms with Gasteiger partial charge in [-0.05, 0) is 63.2 Å². The number of fused-ring (bicyclic) bond motifs is 2. The number of benzene rings is 1. The van der Waals surface area contributed by atoms with Crippen LogP contribution in [0, 0.1) is 11.6 Å². The highest BCUT2D eigenvalue weighted by atomic mass is 32.1. The summed E-state index contributed by atoms with van der Waals surface area (Å²) in [7, 11) is 1.30. The van der Waals surface area contributed by atoms with Gasteiger partial charge in [0.1, 0.15) is 5.60 Å². The second kappa shape index (κ2) is 8.52. The second-order valence-electron chi connectivity index (χ2n) is 9.40. The zero-order valence-corrected chi connectivity index (χ0v) is 19.7. The minimum atomic E-state index is -0.918. The van der Waals surface area contributed by atoms with Crippen molar-refractivity contribution in [1.82, 2.24) is 10.3 Å². The number of esters is 1. The molecule has 0 bridgehead atoms. The topological polar surface area (TPSA) is 77.5 Å². The van der Waals surface area contributed by atoms with Crippen LogP contribution in [-0.4, -0.2) is 35.8 Å². The van der Waals surface area contributed by atoms with Gasteiger partial charge in [0.2, 0.25) is 0 Å². The van der Waals surface area contributed by atoms with Crippen LogP contribution < -0.4 is 5.32 Å². The summed E-state index contributed by atoms with van der Waals surface area (Å²) >= 11 is 1.39. The van der Waals surface area contributed by atoms with Gasteiger partial charge in [-0.2, -0.15) is 0 Å². The Hall–Kier alpha value is -2.81. The van der Waals surface area contributed by atoms with Gasteiger partial charge in [-0.1, -0.05) is 12.1 Å². The van der Waals surface area contributed by atoms with Crippen molar-refractivity contribution in [3.63, 3.8) is 0 Å². The zero-order chi connectivity index (χ0) is 24.0. The Morgan fingerprint density at radius 1 is 1.30 bits per heavy atom. The molecule has 1 fully saturated rings. The number of carbonyl (C=O) groups is 2. The van der Waals surface area contributed by atoms with E-state index in [0.717, 1.165) is 10.9 Å². The van der Waals surface area contributed by atoms with Crippen LogP contribution in [0.2, 0.25) is 0 Å². The highest BCUT2D eigenvalue weighted by molar-refractivity contribution is 7.10. The molecule has 3 atom stereocenters. The average Bonchev–Trinajstić information content (AvgIpc) is 3.23. The van der Waals surface area contributed by atoms with Crippen LogP contribution in [0.3, 0.4) is 0 Å². The molecule has 1 heterocycles. The van der Waals surface area contributed by atoms with Crippen LogP contribution in [0.4, 0.5) is 13.6 Å². The normalized spacial score (nSPS) is 25.3. The van der Waals surface area contributed by atoms with E-state index in [1.54, 1.807) is 32.3 Å². The molecule has 2 unspecified atom stereocenters. The van der Waals surface area contributed by atoms with Crippen LogP contribution >= 0.6 is 11.3 Å². The fraction of sp³-hybridized carbons (Fsp3) is 0.458. The van der Waals surface area contributed by atoms with Gasteiger partial charge in [0.05, 0.1) is 18.3 Å². The number of allylic oxidation sites excluding steroid dienone is 1. The molecule has 6 nitrogen and oxygen atoms in total. The molecule has 176 valence electrons. The van der Waals surface area contributed by atoms with Crippen LogP contribution in [0.15, 0.2) is 29.8 Å². The summed E-state index contributed by atoms with van der Waals surface area (Å²) in [6.07, 6.45) is 2.22. The Labute approximate surface area is 195 Å². The number of ether oxygens (including phenoxy) is 2. The first kappa shape index (κ1) is 23.4. The summed E-state index contributed by atoms with van der Waals surface area (Å²) < 4.78 is 39.4. The van der Waals surface area contributed by atoms with Crippen molar-refractivity contribution in [2.75, 3.05) is 7.11 Å². The van der Waals surface area contributed by atoms with Gasteiger partial charge in [-0.3, -0.25) is 0 Å². The van der Waals surface area contributed by atoms with Crippen LogP contribution in [-0.2, 0) is 19.7 Å². The molecule has 9 heteroatoms. The van der Waals surface area contributed by atoms with Crippen LogP contribution in [0.1, 0.15) is 62.1 Å². The zero-order valence-electron chi connectivity index (χ0n) is 18.9. The summed E-state index contributed by atoms with van der Waals surface area (Å²) in [5, 5.41) is 2.92. The molecule has 1 N–H and O–H groups in total. The highest BCUT2D eigenvalue weighted by Gasteiger charge is 2.64. The molecule has 4 rings (SSSR count). The molecule has 1 amide bonds. The van der Waals surface area contributed by atoms with Gasteiger partial charge in [0.25, 0.3) is 0 Å². The number of hydrogen-bond acceptors (Lipinski definition) is 6. The Balaban J connectivity index is 1.79. The third-order valence-electron chi connectivity index (χ3n) is 6.16. The number of rotatable bonds is 3. The van der Waals surface area contributed by atoms with Crippen molar-refractivity contribution in [1.29, 1.82) is 0 Å².